The first-order chi connectivity index (χ1) is 14.8. The summed E-state index contributed by atoms with van der Waals surface area (Å²) in [6, 6.07) is 10.8. The van der Waals surface area contributed by atoms with E-state index in [1.807, 2.05) is 7.05 Å². The second-order valence-electron chi connectivity index (χ2n) is 9.13. The highest BCUT2D eigenvalue weighted by atomic mass is 127. The summed E-state index contributed by atoms with van der Waals surface area (Å²) in [4.78, 5) is 9.71. The summed E-state index contributed by atoms with van der Waals surface area (Å²) >= 11 is 0. The standard InChI is InChI=1S/C24H39N5O.HI/c1-25-23(26-18-21-10-13-28(19-21)22-8-4-2-5-9-22)27-20-24(11-6-3-7-12-24)29-14-16-30-17-15-29;/h2,4-5,8-9,21H,3,6-7,10-20H2,1H3,(H2,25,26,27);1H. The van der Waals surface area contributed by atoms with Gasteiger partial charge in [0.2, 0.25) is 0 Å². The molecule has 0 spiro atoms. The van der Waals surface area contributed by atoms with Crippen molar-refractivity contribution in [1.82, 2.24) is 15.5 Å². The maximum absolute atomic E-state index is 5.62. The lowest BCUT2D eigenvalue weighted by molar-refractivity contribution is -0.0352. The number of aliphatic imine (C=N–C) groups is 1. The number of hydrogen-bond acceptors (Lipinski definition) is 4. The Labute approximate surface area is 205 Å². The van der Waals surface area contributed by atoms with Crippen molar-refractivity contribution in [3.05, 3.63) is 30.3 Å². The third-order valence-electron chi connectivity index (χ3n) is 7.24. The van der Waals surface area contributed by atoms with Gasteiger partial charge in [0.05, 0.1) is 13.2 Å². The fraction of sp³-hybridized carbons (Fsp3) is 0.708. The van der Waals surface area contributed by atoms with Gasteiger partial charge in [-0.25, -0.2) is 0 Å². The van der Waals surface area contributed by atoms with Gasteiger partial charge in [-0.2, -0.15) is 0 Å². The first kappa shape index (κ1) is 24.6. The van der Waals surface area contributed by atoms with Crippen LogP contribution in [0.15, 0.2) is 35.3 Å². The van der Waals surface area contributed by atoms with Crippen LogP contribution in [0.25, 0.3) is 0 Å². The van der Waals surface area contributed by atoms with Crippen molar-refractivity contribution in [3.8, 4) is 0 Å². The van der Waals surface area contributed by atoms with Crippen LogP contribution in [0.2, 0.25) is 0 Å². The number of nitrogens with zero attached hydrogens (tertiary/aromatic N) is 3. The molecule has 3 aliphatic rings. The van der Waals surface area contributed by atoms with Crippen molar-refractivity contribution in [2.75, 3.05) is 64.4 Å². The molecule has 7 heteroatoms. The van der Waals surface area contributed by atoms with E-state index >= 15 is 0 Å². The van der Waals surface area contributed by atoms with E-state index in [4.69, 9.17) is 4.74 Å². The molecule has 0 aromatic heterocycles. The third-order valence-corrected chi connectivity index (χ3v) is 7.24. The lowest BCUT2D eigenvalue weighted by atomic mass is 9.80. The van der Waals surface area contributed by atoms with Gasteiger partial charge < -0.3 is 20.3 Å². The van der Waals surface area contributed by atoms with Gasteiger partial charge in [0.25, 0.3) is 0 Å². The predicted molar refractivity (Wildman–Crippen MR) is 140 cm³/mol. The maximum atomic E-state index is 5.62. The summed E-state index contributed by atoms with van der Waals surface area (Å²) in [6.45, 7) is 8.08. The second kappa shape index (κ2) is 12.3. The Morgan fingerprint density at radius 3 is 2.52 bits per heavy atom. The average molecular weight is 542 g/mol. The van der Waals surface area contributed by atoms with Gasteiger partial charge in [-0.05, 0) is 37.3 Å². The van der Waals surface area contributed by atoms with E-state index < -0.39 is 0 Å². The molecule has 4 rings (SSSR count). The SMILES string of the molecule is CN=C(NCC1CCN(c2ccccc2)C1)NCC1(N2CCOCC2)CCCCC1.I. The molecule has 1 aromatic carbocycles. The van der Waals surface area contributed by atoms with E-state index in [0.717, 1.165) is 58.4 Å². The zero-order valence-electron chi connectivity index (χ0n) is 19.0. The van der Waals surface area contributed by atoms with Crippen molar-refractivity contribution < 1.29 is 4.74 Å². The minimum Gasteiger partial charge on any atom is -0.379 e. The van der Waals surface area contributed by atoms with Crippen molar-refractivity contribution in [2.45, 2.75) is 44.1 Å². The van der Waals surface area contributed by atoms with Gasteiger partial charge in [-0.15, -0.1) is 24.0 Å². The van der Waals surface area contributed by atoms with E-state index in [1.165, 1.54) is 44.2 Å². The zero-order valence-corrected chi connectivity index (χ0v) is 21.4. The first-order valence-corrected chi connectivity index (χ1v) is 11.9. The number of anilines is 1. The molecule has 1 saturated carbocycles. The summed E-state index contributed by atoms with van der Waals surface area (Å²) in [5, 5.41) is 7.30. The lowest BCUT2D eigenvalue weighted by Crippen LogP contribution is -2.60. The number of ether oxygens (including phenoxy) is 1. The fourth-order valence-electron chi connectivity index (χ4n) is 5.43. The summed E-state index contributed by atoms with van der Waals surface area (Å²) in [6.07, 6.45) is 7.84. The highest BCUT2D eigenvalue weighted by molar-refractivity contribution is 14.0. The summed E-state index contributed by atoms with van der Waals surface area (Å²) < 4.78 is 5.62. The molecule has 1 atom stereocenters. The highest BCUT2D eigenvalue weighted by Gasteiger charge is 2.38. The Morgan fingerprint density at radius 2 is 1.81 bits per heavy atom. The van der Waals surface area contributed by atoms with Crippen LogP contribution in [0.4, 0.5) is 5.69 Å². The molecule has 2 aliphatic heterocycles. The van der Waals surface area contributed by atoms with Gasteiger partial charge >= 0.3 is 0 Å². The van der Waals surface area contributed by atoms with Crippen molar-refractivity contribution in [2.24, 2.45) is 10.9 Å². The van der Waals surface area contributed by atoms with Crippen LogP contribution in [0, 0.1) is 5.92 Å². The minimum atomic E-state index is 0. The van der Waals surface area contributed by atoms with E-state index in [1.54, 1.807) is 0 Å². The molecule has 0 amide bonds. The monoisotopic (exact) mass is 541 g/mol. The van der Waals surface area contributed by atoms with Crippen LogP contribution in [-0.2, 0) is 4.74 Å². The van der Waals surface area contributed by atoms with Crippen molar-refractivity contribution in [3.63, 3.8) is 0 Å². The average Bonchev–Trinajstić information content (AvgIpc) is 3.30. The van der Waals surface area contributed by atoms with Crippen LogP contribution in [0.1, 0.15) is 38.5 Å². The van der Waals surface area contributed by atoms with E-state index in [2.05, 4.69) is 55.8 Å². The van der Waals surface area contributed by atoms with Gasteiger partial charge in [0.15, 0.2) is 5.96 Å². The number of halogens is 1. The molecule has 0 bridgehead atoms. The summed E-state index contributed by atoms with van der Waals surface area (Å²) in [5.41, 5.74) is 1.60. The molecule has 2 saturated heterocycles. The quantitative estimate of drug-likeness (QED) is 0.329. The molecule has 174 valence electrons. The molecule has 1 aromatic rings. The molecule has 2 heterocycles. The van der Waals surface area contributed by atoms with E-state index in [9.17, 15) is 0 Å². The predicted octanol–water partition coefficient (Wildman–Crippen LogP) is 3.33. The van der Waals surface area contributed by atoms with Crippen LogP contribution < -0.4 is 15.5 Å². The second-order valence-corrected chi connectivity index (χ2v) is 9.13. The van der Waals surface area contributed by atoms with Gasteiger partial charge in [-0.3, -0.25) is 9.89 Å². The normalized spacial score (nSPS) is 24.5. The summed E-state index contributed by atoms with van der Waals surface area (Å²) in [7, 11) is 1.89. The maximum Gasteiger partial charge on any atom is 0.191 e. The smallest absolute Gasteiger partial charge is 0.191 e. The number of nitrogens with one attached hydrogen (secondary N) is 2. The zero-order chi connectivity index (χ0) is 20.7. The molecule has 0 radical (unpaired) electrons. The Kier molecular flexibility index (Phi) is 9.72. The molecular formula is C24H40IN5O. The molecule has 3 fully saturated rings. The van der Waals surface area contributed by atoms with Crippen LogP contribution >= 0.6 is 24.0 Å². The van der Waals surface area contributed by atoms with Crippen LogP contribution in [-0.4, -0.2) is 75.9 Å². The Bertz CT molecular complexity index is 674. The van der Waals surface area contributed by atoms with Crippen molar-refractivity contribution in [1.29, 1.82) is 0 Å². The Hall–Kier alpha value is -1.06. The first-order valence-electron chi connectivity index (χ1n) is 11.9. The fourth-order valence-corrected chi connectivity index (χ4v) is 5.43. The third kappa shape index (κ3) is 6.48. The Balaban J connectivity index is 0.00000272. The summed E-state index contributed by atoms with van der Waals surface area (Å²) in [5.74, 6) is 1.61. The molecular weight excluding hydrogens is 501 g/mol. The van der Waals surface area contributed by atoms with Crippen molar-refractivity contribution >= 4 is 35.6 Å². The number of guanidine groups is 1. The van der Waals surface area contributed by atoms with E-state index in [-0.39, 0.29) is 29.5 Å². The number of benzene rings is 1. The molecule has 31 heavy (non-hydrogen) atoms. The molecule has 1 aliphatic carbocycles. The van der Waals surface area contributed by atoms with Gasteiger partial charge in [-0.1, -0.05) is 37.5 Å². The minimum absolute atomic E-state index is 0. The molecule has 1 unspecified atom stereocenters. The van der Waals surface area contributed by atoms with Gasteiger partial charge in [0, 0.05) is 57.5 Å². The van der Waals surface area contributed by atoms with E-state index in [0.29, 0.717) is 5.92 Å². The number of para-hydroxylation sites is 1. The molecule has 2 N–H and O–H groups in total. The topological polar surface area (TPSA) is 52.1 Å². The van der Waals surface area contributed by atoms with Crippen LogP contribution in [0.3, 0.4) is 0 Å². The largest absolute Gasteiger partial charge is 0.379 e. The Morgan fingerprint density at radius 1 is 1.06 bits per heavy atom. The number of hydrogen-bond donors (Lipinski definition) is 2. The number of morpholine rings is 1. The molecule has 6 nitrogen and oxygen atoms in total. The lowest BCUT2D eigenvalue weighted by Gasteiger charge is -2.48. The highest BCUT2D eigenvalue weighted by Crippen LogP contribution is 2.33. The van der Waals surface area contributed by atoms with Gasteiger partial charge in [0.1, 0.15) is 0 Å². The number of rotatable bonds is 6. The van der Waals surface area contributed by atoms with Crippen LogP contribution in [0.5, 0.6) is 0 Å².